The van der Waals surface area contributed by atoms with Gasteiger partial charge in [0.25, 0.3) is 5.91 Å². The van der Waals surface area contributed by atoms with E-state index in [4.69, 9.17) is 21.1 Å². The van der Waals surface area contributed by atoms with E-state index in [1.54, 1.807) is 12.1 Å². The number of rotatable bonds is 4. The number of carbonyl (C=O) groups excluding carboxylic acids is 1. The third kappa shape index (κ3) is 3.98. The van der Waals surface area contributed by atoms with Gasteiger partial charge in [-0.15, -0.1) is 0 Å². The van der Waals surface area contributed by atoms with Crippen LogP contribution in [0.25, 0.3) is 0 Å². The van der Waals surface area contributed by atoms with Crippen LogP contribution in [0.1, 0.15) is 18.0 Å². The number of nitrogens with one attached hydrogen (secondary N) is 1. The molecule has 0 aromatic heterocycles. The predicted molar refractivity (Wildman–Crippen MR) is 92.1 cm³/mol. The Morgan fingerprint density at radius 2 is 2.17 bits per heavy atom. The molecule has 1 N–H and O–H groups in total. The van der Waals surface area contributed by atoms with Crippen molar-refractivity contribution in [2.45, 2.75) is 12.5 Å². The van der Waals surface area contributed by atoms with E-state index in [1.807, 2.05) is 30.3 Å². The summed E-state index contributed by atoms with van der Waals surface area (Å²) >= 11 is 9.39. The number of halogens is 2. The van der Waals surface area contributed by atoms with Crippen molar-refractivity contribution in [1.82, 2.24) is 5.32 Å². The molecule has 0 bridgehead atoms. The van der Waals surface area contributed by atoms with Crippen molar-refractivity contribution in [2.24, 2.45) is 0 Å². The Kier molecular flexibility index (Phi) is 5.08. The number of para-hydroxylation sites is 1. The highest BCUT2D eigenvalue weighted by Gasteiger charge is 2.22. The molecule has 1 aliphatic rings. The molecule has 23 heavy (non-hydrogen) atoms. The van der Waals surface area contributed by atoms with Gasteiger partial charge in [-0.1, -0.05) is 45.7 Å². The Morgan fingerprint density at radius 3 is 3.00 bits per heavy atom. The molecular weight excluding hydrogens is 382 g/mol. The SMILES string of the molecule is O=C(COc1ccc(Br)cc1Cl)N[C@@H]1CCOc2ccccc21. The highest BCUT2D eigenvalue weighted by Crippen LogP contribution is 2.31. The first-order valence-corrected chi connectivity index (χ1v) is 8.39. The van der Waals surface area contributed by atoms with Crippen molar-refractivity contribution in [3.8, 4) is 11.5 Å². The van der Waals surface area contributed by atoms with Crippen molar-refractivity contribution in [3.05, 3.63) is 57.5 Å². The second-order valence-electron chi connectivity index (χ2n) is 5.16. The lowest BCUT2D eigenvalue weighted by Crippen LogP contribution is -2.35. The van der Waals surface area contributed by atoms with Gasteiger partial charge in [0.05, 0.1) is 17.7 Å². The molecule has 3 rings (SSSR count). The first-order chi connectivity index (χ1) is 11.1. The van der Waals surface area contributed by atoms with Crippen molar-refractivity contribution in [3.63, 3.8) is 0 Å². The van der Waals surface area contributed by atoms with Crippen LogP contribution in [0.15, 0.2) is 46.9 Å². The van der Waals surface area contributed by atoms with E-state index in [2.05, 4.69) is 21.2 Å². The zero-order valence-electron chi connectivity index (χ0n) is 12.2. The molecule has 0 unspecified atom stereocenters. The minimum absolute atomic E-state index is 0.0589. The fourth-order valence-corrected chi connectivity index (χ4v) is 3.19. The van der Waals surface area contributed by atoms with E-state index in [0.29, 0.717) is 17.4 Å². The highest BCUT2D eigenvalue weighted by atomic mass is 79.9. The zero-order chi connectivity index (χ0) is 16.2. The number of amides is 1. The normalized spacial score (nSPS) is 16.2. The van der Waals surface area contributed by atoms with Crippen LogP contribution in [-0.4, -0.2) is 19.1 Å². The molecule has 1 atom stereocenters. The molecule has 0 spiro atoms. The number of fused-ring (bicyclic) bond motifs is 1. The van der Waals surface area contributed by atoms with E-state index in [1.165, 1.54) is 0 Å². The zero-order valence-corrected chi connectivity index (χ0v) is 14.6. The molecule has 1 amide bonds. The lowest BCUT2D eigenvalue weighted by molar-refractivity contribution is -0.124. The molecule has 1 aliphatic heterocycles. The molecule has 2 aromatic rings. The smallest absolute Gasteiger partial charge is 0.258 e. The summed E-state index contributed by atoms with van der Waals surface area (Å²) in [6.07, 6.45) is 0.738. The summed E-state index contributed by atoms with van der Waals surface area (Å²) in [4.78, 5) is 12.1. The number of benzene rings is 2. The topological polar surface area (TPSA) is 47.6 Å². The highest BCUT2D eigenvalue weighted by molar-refractivity contribution is 9.10. The largest absolute Gasteiger partial charge is 0.493 e. The predicted octanol–water partition coefficient (Wildman–Crippen LogP) is 4.12. The second kappa shape index (κ2) is 7.23. The Morgan fingerprint density at radius 1 is 1.35 bits per heavy atom. The lowest BCUT2D eigenvalue weighted by atomic mass is 10.0. The van der Waals surface area contributed by atoms with Gasteiger partial charge in [0.1, 0.15) is 11.5 Å². The average Bonchev–Trinajstić information content (AvgIpc) is 2.54. The fraction of sp³-hybridized carbons (Fsp3) is 0.235. The van der Waals surface area contributed by atoms with Gasteiger partial charge in [-0.2, -0.15) is 0 Å². The van der Waals surface area contributed by atoms with Crippen LogP contribution in [0.2, 0.25) is 5.02 Å². The summed E-state index contributed by atoms with van der Waals surface area (Å²) in [5.74, 6) is 1.11. The van der Waals surface area contributed by atoms with Gasteiger partial charge in [-0.05, 0) is 24.3 Å². The van der Waals surface area contributed by atoms with Crippen LogP contribution in [0.3, 0.4) is 0 Å². The van der Waals surface area contributed by atoms with Crippen LogP contribution >= 0.6 is 27.5 Å². The summed E-state index contributed by atoms with van der Waals surface area (Å²) in [5.41, 5.74) is 0.994. The molecule has 6 heteroatoms. The number of ether oxygens (including phenoxy) is 2. The van der Waals surface area contributed by atoms with Crippen LogP contribution < -0.4 is 14.8 Å². The maximum absolute atomic E-state index is 12.1. The Labute approximate surface area is 147 Å². The number of hydrogen-bond acceptors (Lipinski definition) is 3. The van der Waals surface area contributed by atoms with Gasteiger partial charge in [-0.25, -0.2) is 0 Å². The third-order valence-electron chi connectivity index (χ3n) is 3.55. The molecule has 0 saturated heterocycles. The van der Waals surface area contributed by atoms with Crippen molar-refractivity contribution in [1.29, 1.82) is 0 Å². The monoisotopic (exact) mass is 395 g/mol. The average molecular weight is 397 g/mol. The minimum atomic E-state index is -0.189. The van der Waals surface area contributed by atoms with E-state index in [0.717, 1.165) is 22.2 Å². The summed E-state index contributed by atoms with van der Waals surface area (Å²) in [6.45, 7) is 0.502. The van der Waals surface area contributed by atoms with Gasteiger partial charge in [0, 0.05) is 16.5 Å². The van der Waals surface area contributed by atoms with Crippen LogP contribution in [0.5, 0.6) is 11.5 Å². The minimum Gasteiger partial charge on any atom is -0.493 e. The maximum atomic E-state index is 12.1. The third-order valence-corrected chi connectivity index (χ3v) is 4.34. The molecule has 2 aromatic carbocycles. The molecule has 0 aliphatic carbocycles. The van der Waals surface area contributed by atoms with Gasteiger partial charge < -0.3 is 14.8 Å². The molecule has 4 nitrogen and oxygen atoms in total. The van der Waals surface area contributed by atoms with Gasteiger partial charge in [-0.3, -0.25) is 4.79 Å². The Bertz CT molecular complexity index is 723. The fourth-order valence-electron chi connectivity index (χ4n) is 2.46. The number of hydrogen-bond donors (Lipinski definition) is 1. The van der Waals surface area contributed by atoms with E-state index >= 15 is 0 Å². The summed E-state index contributed by atoms with van der Waals surface area (Å²) in [5, 5.41) is 3.44. The molecule has 0 radical (unpaired) electrons. The van der Waals surface area contributed by atoms with Gasteiger partial charge in [0.15, 0.2) is 6.61 Å². The Balaban J connectivity index is 1.60. The summed E-state index contributed by atoms with van der Waals surface area (Å²) in [6, 6.07) is 12.9. The Hall–Kier alpha value is -1.72. The van der Waals surface area contributed by atoms with Gasteiger partial charge in [0.2, 0.25) is 0 Å². The lowest BCUT2D eigenvalue weighted by Gasteiger charge is -2.26. The van der Waals surface area contributed by atoms with Crippen molar-refractivity contribution >= 4 is 33.4 Å². The quantitative estimate of drug-likeness (QED) is 0.845. The van der Waals surface area contributed by atoms with E-state index in [-0.39, 0.29) is 18.6 Å². The van der Waals surface area contributed by atoms with E-state index < -0.39 is 0 Å². The second-order valence-corrected chi connectivity index (χ2v) is 6.48. The van der Waals surface area contributed by atoms with Gasteiger partial charge >= 0.3 is 0 Å². The van der Waals surface area contributed by atoms with E-state index in [9.17, 15) is 4.79 Å². The first kappa shape index (κ1) is 16.1. The number of carbonyl (C=O) groups is 1. The van der Waals surface area contributed by atoms with Crippen molar-refractivity contribution in [2.75, 3.05) is 13.2 Å². The molecule has 0 fully saturated rings. The van der Waals surface area contributed by atoms with Crippen molar-refractivity contribution < 1.29 is 14.3 Å². The molecule has 1 heterocycles. The molecule has 0 saturated carbocycles. The molecular formula is C17H15BrClNO3. The summed E-state index contributed by atoms with van der Waals surface area (Å²) in [7, 11) is 0. The standard InChI is InChI=1S/C17H15BrClNO3/c18-11-5-6-16(13(19)9-11)23-10-17(21)20-14-7-8-22-15-4-2-1-3-12(14)15/h1-6,9,14H,7-8,10H2,(H,20,21)/t14-/m1/s1. The maximum Gasteiger partial charge on any atom is 0.258 e. The van der Waals surface area contributed by atoms with Crippen LogP contribution in [-0.2, 0) is 4.79 Å². The first-order valence-electron chi connectivity index (χ1n) is 7.22. The van der Waals surface area contributed by atoms with Crippen LogP contribution in [0, 0.1) is 0 Å². The molecule has 120 valence electrons. The summed E-state index contributed by atoms with van der Waals surface area (Å²) < 4.78 is 11.9. The van der Waals surface area contributed by atoms with Crippen LogP contribution in [0.4, 0.5) is 0 Å².